The summed E-state index contributed by atoms with van der Waals surface area (Å²) in [6, 6.07) is 5.26. The zero-order valence-electron chi connectivity index (χ0n) is 10.8. The van der Waals surface area contributed by atoms with Crippen LogP contribution in [0.25, 0.3) is 11.5 Å². The second-order valence-electron chi connectivity index (χ2n) is 3.81. The molecule has 0 aliphatic rings. The Morgan fingerprint density at radius 2 is 2.30 bits per heavy atom. The van der Waals surface area contributed by atoms with Gasteiger partial charge in [-0.2, -0.15) is 0 Å². The summed E-state index contributed by atoms with van der Waals surface area (Å²) < 4.78 is 11.6. The Balaban J connectivity index is 2.26. The number of benzene rings is 1. The van der Waals surface area contributed by atoms with Gasteiger partial charge in [-0.05, 0) is 25.1 Å². The first-order chi connectivity index (χ1) is 9.61. The summed E-state index contributed by atoms with van der Waals surface area (Å²) in [6.45, 7) is 1.61. The standard InChI is InChI=1S/C12H12BrN3O4/c1-7(11(17)16-18-2)20-10-4-3-8(13)5-9(10)12-15-14-6-19-12/h3-7H,1-2H3,(H,16,17)/t7-/m0/s1. The number of hydrogen-bond donors (Lipinski definition) is 1. The molecule has 1 heterocycles. The average Bonchev–Trinajstić information content (AvgIpc) is 2.95. The summed E-state index contributed by atoms with van der Waals surface area (Å²) in [5.41, 5.74) is 2.80. The average molecular weight is 342 g/mol. The molecule has 0 bridgehead atoms. The van der Waals surface area contributed by atoms with E-state index in [4.69, 9.17) is 9.15 Å². The molecule has 2 rings (SSSR count). The molecule has 1 aromatic carbocycles. The van der Waals surface area contributed by atoms with E-state index in [-0.39, 0.29) is 0 Å². The zero-order chi connectivity index (χ0) is 14.5. The third kappa shape index (κ3) is 3.34. The first-order valence-electron chi connectivity index (χ1n) is 5.67. The quantitative estimate of drug-likeness (QED) is 0.836. The lowest BCUT2D eigenvalue weighted by atomic mass is 10.2. The fourth-order valence-electron chi connectivity index (χ4n) is 1.49. The number of aromatic nitrogens is 2. The molecule has 0 spiro atoms. The molecule has 0 aliphatic carbocycles. The van der Waals surface area contributed by atoms with Crippen LogP contribution in [0.5, 0.6) is 5.75 Å². The van der Waals surface area contributed by atoms with Crippen LogP contribution in [0.15, 0.2) is 33.5 Å². The van der Waals surface area contributed by atoms with Crippen molar-refractivity contribution in [2.24, 2.45) is 0 Å². The molecule has 0 fully saturated rings. The van der Waals surface area contributed by atoms with Crippen LogP contribution in [0.4, 0.5) is 0 Å². The Morgan fingerprint density at radius 3 is 2.95 bits per heavy atom. The highest BCUT2D eigenvalue weighted by molar-refractivity contribution is 9.10. The monoisotopic (exact) mass is 341 g/mol. The van der Waals surface area contributed by atoms with Crippen molar-refractivity contribution in [3.8, 4) is 17.2 Å². The summed E-state index contributed by atoms with van der Waals surface area (Å²) in [5.74, 6) is 0.365. The second-order valence-corrected chi connectivity index (χ2v) is 4.73. The van der Waals surface area contributed by atoms with E-state index in [1.807, 2.05) is 0 Å². The lowest BCUT2D eigenvalue weighted by Crippen LogP contribution is -2.35. The van der Waals surface area contributed by atoms with Crippen molar-refractivity contribution in [2.75, 3.05) is 7.11 Å². The predicted octanol–water partition coefficient (Wildman–Crippen LogP) is 1.94. The van der Waals surface area contributed by atoms with Crippen molar-refractivity contribution >= 4 is 21.8 Å². The molecule has 1 aromatic heterocycles. The van der Waals surface area contributed by atoms with Crippen LogP contribution in [0.2, 0.25) is 0 Å². The lowest BCUT2D eigenvalue weighted by Gasteiger charge is -2.15. The van der Waals surface area contributed by atoms with Gasteiger partial charge in [0.25, 0.3) is 11.8 Å². The molecular formula is C12H12BrN3O4. The topological polar surface area (TPSA) is 86.5 Å². The molecule has 0 saturated heterocycles. The Hall–Kier alpha value is -1.93. The van der Waals surface area contributed by atoms with E-state index in [9.17, 15) is 4.79 Å². The van der Waals surface area contributed by atoms with Crippen LogP contribution >= 0.6 is 15.9 Å². The SMILES string of the molecule is CONC(=O)[C@H](C)Oc1ccc(Br)cc1-c1nnco1. The number of carbonyl (C=O) groups excluding carboxylic acids is 1. The molecule has 1 N–H and O–H groups in total. The highest BCUT2D eigenvalue weighted by Crippen LogP contribution is 2.32. The summed E-state index contributed by atoms with van der Waals surface area (Å²) in [7, 11) is 1.36. The highest BCUT2D eigenvalue weighted by atomic mass is 79.9. The van der Waals surface area contributed by atoms with Gasteiger partial charge in [-0.15, -0.1) is 10.2 Å². The van der Waals surface area contributed by atoms with E-state index in [1.54, 1.807) is 25.1 Å². The Kier molecular flexibility index (Phi) is 4.70. The Bertz CT molecular complexity index is 588. The maximum atomic E-state index is 11.6. The normalized spacial score (nSPS) is 11.9. The maximum Gasteiger partial charge on any atom is 0.284 e. The van der Waals surface area contributed by atoms with Gasteiger partial charge in [0.15, 0.2) is 6.10 Å². The van der Waals surface area contributed by atoms with Crippen molar-refractivity contribution in [2.45, 2.75) is 13.0 Å². The first-order valence-corrected chi connectivity index (χ1v) is 6.46. The molecule has 20 heavy (non-hydrogen) atoms. The number of amides is 1. The summed E-state index contributed by atoms with van der Waals surface area (Å²) in [4.78, 5) is 16.1. The van der Waals surface area contributed by atoms with Gasteiger partial charge in [0.05, 0.1) is 12.7 Å². The van der Waals surface area contributed by atoms with Gasteiger partial charge in [-0.25, -0.2) is 5.48 Å². The van der Waals surface area contributed by atoms with Crippen LogP contribution in [-0.2, 0) is 9.63 Å². The van der Waals surface area contributed by atoms with E-state index in [1.165, 1.54) is 13.5 Å². The number of carbonyl (C=O) groups is 1. The van der Waals surface area contributed by atoms with E-state index in [0.717, 1.165) is 4.47 Å². The number of hydroxylamine groups is 1. The molecule has 0 aliphatic heterocycles. The van der Waals surface area contributed by atoms with Crippen LogP contribution in [0.3, 0.4) is 0 Å². The molecular weight excluding hydrogens is 330 g/mol. The number of ether oxygens (including phenoxy) is 1. The number of nitrogens with zero attached hydrogens (tertiary/aromatic N) is 2. The first kappa shape index (κ1) is 14.5. The predicted molar refractivity (Wildman–Crippen MR) is 72.7 cm³/mol. The van der Waals surface area contributed by atoms with Crippen molar-refractivity contribution < 1.29 is 18.8 Å². The Labute approximate surface area is 123 Å². The van der Waals surface area contributed by atoms with E-state index < -0.39 is 12.0 Å². The fraction of sp³-hybridized carbons (Fsp3) is 0.250. The molecule has 2 aromatic rings. The summed E-state index contributed by atoms with van der Waals surface area (Å²) in [6.07, 6.45) is 0.485. The maximum absolute atomic E-state index is 11.6. The number of nitrogens with one attached hydrogen (secondary N) is 1. The molecule has 0 unspecified atom stereocenters. The minimum Gasteiger partial charge on any atom is -0.480 e. The van der Waals surface area contributed by atoms with Gasteiger partial charge in [0.1, 0.15) is 5.75 Å². The summed E-state index contributed by atoms with van der Waals surface area (Å²) in [5, 5.41) is 7.46. The summed E-state index contributed by atoms with van der Waals surface area (Å²) >= 11 is 3.36. The van der Waals surface area contributed by atoms with Gasteiger partial charge >= 0.3 is 0 Å². The van der Waals surface area contributed by atoms with Crippen molar-refractivity contribution in [1.29, 1.82) is 0 Å². The van der Waals surface area contributed by atoms with Gasteiger partial charge in [-0.1, -0.05) is 15.9 Å². The minimum atomic E-state index is -0.738. The fourth-order valence-corrected chi connectivity index (χ4v) is 1.85. The molecule has 8 heteroatoms. The van der Waals surface area contributed by atoms with Gasteiger partial charge < -0.3 is 9.15 Å². The number of hydrogen-bond acceptors (Lipinski definition) is 6. The minimum absolute atomic E-state index is 0.306. The highest BCUT2D eigenvalue weighted by Gasteiger charge is 2.18. The van der Waals surface area contributed by atoms with E-state index in [2.05, 4.69) is 36.4 Å². The van der Waals surface area contributed by atoms with Crippen LogP contribution in [0, 0.1) is 0 Å². The van der Waals surface area contributed by atoms with Crippen molar-refractivity contribution in [3.05, 3.63) is 29.1 Å². The molecule has 7 nitrogen and oxygen atoms in total. The van der Waals surface area contributed by atoms with Crippen LogP contribution in [-0.4, -0.2) is 29.3 Å². The molecule has 0 radical (unpaired) electrons. The molecule has 1 atom stereocenters. The van der Waals surface area contributed by atoms with Gasteiger partial charge in [-0.3, -0.25) is 9.63 Å². The van der Waals surface area contributed by atoms with Crippen LogP contribution in [0.1, 0.15) is 6.92 Å². The number of rotatable bonds is 5. The lowest BCUT2D eigenvalue weighted by molar-refractivity contribution is -0.137. The molecule has 106 valence electrons. The smallest absolute Gasteiger partial charge is 0.284 e. The van der Waals surface area contributed by atoms with Crippen molar-refractivity contribution in [1.82, 2.24) is 15.7 Å². The second kappa shape index (κ2) is 6.49. The molecule has 1 amide bonds. The zero-order valence-corrected chi connectivity index (χ0v) is 12.4. The van der Waals surface area contributed by atoms with Gasteiger partial charge in [0.2, 0.25) is 6.39 Å². The Morgan fingerprint density at radius 1 is 1.50 bits per heavy atom. The van der Waals surface area contributed by atoms with Crippen molar-refractivity contribution in [3.63, 3.8) is 0 Å². The van der Waals surface area contributed by atoms with E-state index in [0.29, 0.717) is 17.2 Å². The number of halogens is 1. The van der Waals surface area contributed by atoms with E-state index >= 15 is 0 Å². The molecule has 0 saturated carbocycles. The van der Waals surface area contributed by atoms with Crippen LogP contribution < -0.4 is 10.2 Å². The van der Waals surface area contributed by atoms with Gasteiger partial charge in [0, 0.05) is 4.47 Å². The third-order valence-corrected chi connectivity index (χ3v) is 2.90. The third-order valence-electron chi connectivity index (χ3n) is 2.41. The largest absolute Gasteiger partial charge is 0.480 e.